The fourth-order valence-corrected chi connectivity index (χ4v) is 5.15. The molecule has 3 N–H and O–H groups in total. The fourth-order valence-electron chi connectivity index (χ4n) is 5.15. The van der Waals surface area contributed by atoms with Crippen LogP contribution in [0.4, 0.5) is 8.78 Å². The minimum absolute atomic E-state index is 0.0470. The number of likely N-dealkylation sites (tertiary alicyclic amines) is 1. The lowest BCUT2D eigenvalue weighted by molar-refractivity contribution is -0.143. The topological polar surface area (TPSA) is 108 Å². The Balaban J connectivity index is 1.22. The lowest BCUT2D eigenvalue weighted by atomic mass is 9.82. The minimum atomic E-state index is -0.928. The standard InChI is InChI=1S/C28H35F2N3O5/c1-28(10-8-19(9-11-28)33-14-2-3-15-33)27(37)32-13-12-31-25(34)21-16-23(30)24(17-22(21)29)38-20-6-4-18(5-7-20)26(35)36/h8-10,16-18,20H,2-7,11-15H2,1H3,(H,31,34)(H,32,37)(H,35,36). The predicted octanol–water partition coefficient (Wildman–Crippen LogP) is 3.78. The number of aliphatic carboxylic acids is 1. The Morgan fingerprint density at radius 1 is 1.05 bits per heavy atom. The third-order valence-corrected chi connectivity index (χ3v) is 7.63. The first kappa shape index (κ1) is 27.6. The molecule has 0 spiro atoms. The van der Waals surface area contributed by atoms with E-state index in [4.69, 9.17) is 9.84 Å². The molecule has 1 heterocycles. The molecule has 38 heavy (non-hydrogen) atoms. The van der Waals surface area contributed by atoms with Crippen molar-refractivity contribution in [3.63, 3.8) is 0 Å². The summed E-state index contributed by atoms with van der Waals surface area (Å²) in [6, 6.07) is 1.63. The number of carbonyl (C=O) groups is 3. The average Bonchev–Trinajstić information content (AvgIpc) is 3.44. The van der Waals surface area contributed by atoms with E-state index >= 15 is 0 Å². The van der Waals surface area contributed by atoms with Gasteiger partial charge in [-0.05, 0) is 64.0 Å². The van der Waals surface area contributed by atoms with Gasteiger partial charge >= 0.3 is 5.97 Å². The number of allylic oxidation sites excluding steroid dienone is 2. The van der Waals surface area contributed by atoms with Crippen molar-refractivity contribution in [2.24, 2.45) is 11.3 Å². The Morgan fingerprint density at radius 3 is 2.37 bits per heavy atom. The number of carbonyl (C=O) groups excluding carboxylic acids is 2. The summed E-state index contributed by atoms with van der Waals surface area (Å²) < 4.78 is 34.7. The maximum atomic E-state index is 14.6. The molecular weight excluding hydrogens is 496 g/mol. The summed E-state index contributed by atoms with van der Waals surface area (Å²) in [4.78, 5) is 38.6. The normalized spacial score (nSPS) is 25.0. The lowest BCUT2D eigenvalue weighted by Crippen LogP contribution is -2.42. The first-order chi connectivity index (χ1) is 18.2. The van der Waals surface area contributed by atoms with Crippen LogP contribution in [-0.4, -0.2) is 60.1 Å². The van der Waals surface area contributed by atoms with Crippen molar-refractivity contribution in [1.29, 1.82) is 0 Å². The molecule has 2 aliphatic carbocycles. The largest absolute Gasteiger partial charge is 0.487 e. The van der Waals surface area contributed by atoms with Gasteiger partial charge in [-0.3, -0.25) is 14.4 Å². The van der Waals surface area contributed by atoms with Crippen molar-refractivity contribution in [3.8, 4) is 5.75 Å². The number of ether oxygens (including phenoxy) is 1. The van der Waals surface area contributed by atoms with Gasteiger partial charge in [0.15, 0.2) is 11.6 Å². The highest BCUT2D eigenvalue weighted by Gasteiger charge is 2.32. The molecular formula is C28H35F2N3O5. The van der Waals surface area contributed by atoms with Crippen LogP contribution in [0.5, 0.6) is 5.75 Å². The molecule has 2 fully saturated rings. The monoisotopic (exact) mass is 531 g/mol. The predicted molar refractivity (Wildman–Crippen MR) is 136 cm³/mol. The van der Waals surface area contributed by atoms with Gasteiger partial charge in [-0.25, -0.2) is 8.78 Å². The molecule has 4 rings (SSSR count). The summed E-state index contributed by atoms with van der Waals surface area (Å²) >= 11 is 0. The summed E-state index contributed by atoms with van der Waals surface area (Å²) in [5.41, 5.74) is -0.000613. The maximum absolute atomic E-state index is 14.6. The van der Waals surface area contributed by atoms with Crippen LogP contribution in [0.3, 0.4) is 0 Å². The van der Waals surface area contributed by atoms with E-state index in [1.807, 2.05) is 19.1 Å². The number of rotatable bonds is 9. The molecule has 8 nitrogen and oxygen atoms in total. The van der Waals surface area contributed by atoms with E-state index in [0.717, 1.165) is 30.9 Å². The third kappa shape index (κ3) is 6.52. The van der Waals surface area contributed by atoms with E-state index in [1.54, 1.807) is 0 Å². The lowest BCUT2D eigenvalue weighted by Gasteiger charge is -2.29. The molecule has 1 saturated heterocycles. The Morgan fingerprint density at radius 2 is 1.74 bits per heavy atom. The molecule has 206 valence electrons. The van der Waals surface area contributed by atoms with Crippen molar-refractivity contribution in [3.05, 3.63) is 53.3 Å². The number of amides is 2. The molecule has 0 bridgehead atoms. The van der Waals surface area contributed by atoms with E-state index in [0.29, 0.717) is 32.1 Å². The average molecular weight is 532 g/mol. The third-order valence-electron chi connectivity index (χ3n) is 7.63. The molecule has 3 aliphatic rings. The molecule has 1 atom stereocenters. The molecule has 10 heteroatoms. The van der Waals surface area contributed by atoms with Gasteiger partial charge in [0, 0.05) is 37.9 Å². The molecule has 1 saturated carbocycles. The number of hydrogen-bond donors (Lipinski definition) is 3. The SMILES string of the molecule is CC1(C(=O)NCCNC(=O)c2cc(F)c(OC3CCC(C(=O)O)CC3)cc2F)C=CC(N2CCCC2)=CC1. The molecule has 1 aliphatic heterocycles. The molecule has 1 aromatic rings. The molecule has 2 amide bonds. The van der Waals surface area contributed by atoms with E-state index in [2.05, 4.69) is 21.6 Å². The molecule has 0 aromatic heterocycles. The van der Waals surface area contributed by atoms with Crippen LogP contribution in [0, 0.1) is 23.0 Å². The van der Waals surface area contributed by atoms with Crippen LogP contribution < -0.4 is 15.4 Å². The molecule has 0 radical (unpaired) electrons. The van der Waals surface area contributed by atoms with E-state index < -0.39 is 46.5 Å². The van der Waals surface area contributed by atoms with Gasteiger partial charge in [0.1, 0.15) is 5.82 Å². The Kier molecular flexibility index (Phi) is 8.69. The number of carboxylic acids is 1. The smallest absolute Gasteiger partial charge is 0.306 e. The van der Waals surface area contributed by atoms with Gasteiger partial charge in [0.2, 0.25) is 5.91 Å². The second-order valence-corrected chi connectivity index (χ2v) is 10.5. The van der Waals surface area contributed by atoms with Crippen LogP contribution in [-0.2, 0) is 9.59 Å². The zero-order valence-corrected chi connectivity index (χ0v) is 21.6. The van der Waals surface area contributed by atoms with Crippen LogP contribution in [0.1, 0.15) is 62.2 Å². The van der Waals surface area contributed by atoms with Crippen LogP contribution >= 0.6 is 0 Å². The van der Waals surface area contributed by atoms with Crippen molar-refractivity contribution < 1.29 is 33.0 Å². The van der Waals surface area contributed by atoms with Crippen molar-refractivity contribution in [1.82, 2.24) is 15.5 Å². The Labute approximate surface area is 221 Å². The summed E-state index contributed by atoms with van der Waals surface area (Å²) in [6.07, 6.45) is 10.2. The second-order valence-electron chi connectivity index (χ2n) is 10.5. The highest BCUT2D eigenvalue weighted by atomic mass is 19.1. The number of benzene rings is 1. The van der Waals surface area contributed by atoms with Gasteiger partial charge in [-0.15, -0.1) is 0 Å². The summed E-state index contributed by atoms with van der Waals surface area (Å²) in [7, 11) is 0. The van der Waals surface area contributed by atoms with Gasteiger partial charge in [-0.2, -0.15) is 0 Å². The number of halogens is 2. The van der Waals surface area contributed by atoms with Crippen LogP contribution in [0.2, 0.25) is 0 Å². The maximum Gasteiger partial charge on any atom is 0.306 e. The van der Waals surface area contributed by atoms with Gasteiger partial charge in [0.25, 0.3) is 5.91 Å². The van der Waals surface area contributed by atoms with Gasteiger partial charge < -0.3 is 25.4 Å². The van der Waals surface area contributed by atoms with Crippen molar-refractivity contribution in [2.75, 3.05) is 26.2 Å². The number of carboxylic acid groups (broad SMARTS) is 1. The van der Waals surface area contributed by atoms with Crippen molar-refractivity contribution >= 4 is 17.8 Å². The quantitative estimate of drug-likeness (QED) is 0.419. The first-order valence-electron chi connectivity index (χ1n) is 13.3. The summed E-state index contributed by atoms with van der Waals surface area (Å²) in [5, 5.41) is 14.4. The van der Waals surface area contributed by atoms with E-state index in [9.17, 15) is 23.2 Å². The minimum Gasteiger partial charge on any atom is -0.487 e. The van der Waals surface area contributed by atoms with E-state index in [-0.39, 0.29) is 24.7 Å². The van der Waals surface area contributed by atoms with Crippen molar-refractivity contribution in [2.45, 2.75) is 58.0 Å². The molecule has 1 unspecified atom stereocenters. The number of nitrogens with zero attached hydrogens (tertiary/aromatic N) is 1. The first-order valence-corrected chi connectivity index (χ1v) is 13.3. The summed E-state index contributed by atoms with van der Waals surface area (Å²) in [5.74, 6) is -4.38. The number of nitrogens with one attached hydrogen (secondary N) is 2. The fraction of sp³-hybridized carbons (Fsp3) is 0.536. The summed E-state index contributed by atoms with van der Waals surface area (Å²) in [6.45, 7) is 4.11. The number of hydrogen-bond acceptors (Lipinski definition) is 5. The Bertz CT molecular complexity index is 1120. The molecule has 1 aromatic carbocycles. The zero-order valence-electron chi connectivity index (χ0n) is 21.6. The van der Waals surface area contributed by atoms with Gasteiger partial charge in [-0.1, -0.05) is 12.2 Å². The highest BCUT2D eigenvalue weighted by molar-refractivity contribution is 5.94. The van der Waals surface area contributed by atoms with Crippen LogP contribution in [0.15, 0.2) is 36.1 Å². The zero-order chi connectivity index (χ0) is 27.3. The van der Waals surface area contributed by atoms with Crippen LogP contribution in [0.25, 0.3) is 0 Å². The second kappa shape index (κ2) is 12.0. The Hall–Kier alpha value is -3.43. The van der Waals surface area contributed by atoms with Gasteiger partial charge in [0.05, 0.1) is 23.0 Å². The highest BCUT2D eigenvalue weighted by Crippen LogP contribution is 2.32. The van der Waals surface area contributed by atoms with E-state index in [1.165, 1.54) is 12.8 Å².